The number of pyridine rings is 1. The van der Waals surface area contributed by atoms with Crippen molar-refractivity contribution in [3.63, 3.8) is 0 Å². The number of nitrogens with zero attached hydrogens (tertiary/aromatic N) is 4. The van der Waals surface area contributed by atoms with Crippen molar-refractivity contribution >= 4 is 17.6 Å². The second kappa shape index (κ2) is 6.86. The topological polar surface area (TPSA) is 114 Å². The standard InChI is InChI=1S/C14H17N7O2/c22-13-11(3-1-2-6-16-13)20-14(23)19-10-4-5-12(17-7-10)21-9-15-8-18-21/h4-5,7-9,11H,1-3,6H2,(H,16,22)(H2,19,20,23)/t11-/m1/s1. The molecule has 1 atom stereocenters. The number of carbonyl (C=O) groups is 2. The minimum atomic E-state index is -0.500. The molecular weight excluding hydrogens is 298 g/mol. The lowest BCUT2D eigenvalue weighted by molar-refractivity contribution is -0.122. The van der Waals surface area contributed by atoms with Gasteiger partial charge in [0.15, 0.2) is 5.82 Å². The van der Waals surface area contributed by atoms with Crippen LogP contribution in [0.1, 0.15) is 19.3 Å². The Morgan fingerprint density at radius 2 is 2.26 bits per heavy atom. The third-order valence-corrected chi connectivity index (χ3v) is 3.50. The summed E-state index contributed by atoms with van der Waals surface area (Å²) in [6.45, 7) is 0.659. The van der Waals surface area contributed by atoms with E-state index in [-0.39, 0.29) is 5.91 Å². The maximum atomic E-state index is 12.0. The molecule has 0 bridgehead atoms. The van der Waals surface area contributed by atoms with E-state index in [2.05, 4.69) is 31.0 Å². The molecule has 0 spiro atoms. The highest BCUT2D eigenvalue weighted by Gasteiger charge is 2.22. The van der Waals surface area contributed by atoms with Crippen LogP contribution in [0.25, 0.3) is 5.82 Å². The molecule has 0 saturated carbocycles. The zero-order valence-corrected chi connectivity index (χ0v) is 12.4. The average molecular weight is 315 g/mol. The van der Waals surface area contributed by atoms with Crippen LogP contribution in [0.2, 0.25) is 0 Å². The van der Waals surface area contributed by atoms with Crippen LogP contribution in [0.5, 0.6) is 0 Å². The van der Waals surface area contributed by atoms with E-state index in [4.69, 9.17) is 0 Å². The summed E-state index contributed by atoms with van der Waals surface area (Å²) in [6.07, 6.45) is 6.94. The van der Waals surface area contributed by atoms with Gasteiger partial charge in [-0.15, -0.1) is 0 Å². The van der Waals surface area contributed by atoms with E-state index in [1.165, 1.54) is 23.5 Å². The van der Waals surface area contributed by atoms with Crippen LogP contribution in [0.15, 0.2) is 31.0 Å². The van der Waals surface area contributed by atoms with E-state index >= 15 is 0 Å². The molecule has 0 aliphatic carbocycles. The molecule has 23 heavy (non-hydrogen) atoms. The Kier molecular flexibility index (Phi) is 4.46. The molecular formula is C14H17N7O2. The molecule has 1 aliphatic heterocycles. The Labute approximate surface area is 132 Å². The van der Waals surface area contributed by atoms with Gasteiger partial charge in [0.25, 0.3) is 0 Å². The molecule has 3 N–H and O–H groups in total. The number of hydrogen-bond donors (Lipinski definition) is 3. The fourth-order valence-electron chi connectivity index (χ4n) is 2.32. The second-order valence-electron chi connectivity index (χ2n) is 5.18. The third-order valence-electron chi connectivity index (χ3n) is 3.50. The number of urea groups is 1. The number of aromatic nitrogens is 4. The van der Waals surface area contributed by atoms with Gasteiger partial charge in [0, 0.05) is 6.54 Å². The molecule has 9 heteroatoms. The fraction of sp³-hybridized carbons (Fsp3) is 0.357. The van der Waals surface area contributed by atoms with E-state index in [0.29, 0.717) is 24.5 Å². The minimum Gasteiger partial charge on any atom is -0.354 e. The first-order valence-corrected chi connectivity index (χ1v) is 7.38. The van der Waals surface area contributed by atoms with Crippen LogP contribution in [-0.4, -0.2) is 44.3 Å². The molecule has 1 fully saturated rings. The Hall–Kier alpha value is -2.97. The fourth-order valence-corrected chi connectivity index (χ4v) is 2.32. The van der Waals surface area contributed by atoms with Crippen LogP contribution in [0.3, 0.4) is 0 Å². The lowest BCUT2D eigenvalue weighted by Crippen LogP contribution is -2.47. The van der Waals surface area contributed by atoms with Gasteiger partial charge in [0.2, 0.25) is 5.91 Å². The predicted molar refractivity (Wildman–Crippen MR) is 82.0 cm³/mol. The molecule has 2 aromatic rings. The number of nitrogens with one attached hydrogen (secondary N) is 3. The largest absolute Gasteiger partial charge is 0.354 e. The Balaban J connectivity index is 1.58. The molecule has 120 valence electrons. The number of hydrogen-bond acceptors (Lipinski definition) is 5. The summed E-state index contributed by atoms with van der Waals surface area (Å²) in [5.74, 6) is 0.453. The van der Waals surface area contributed by atoms with Gasteiger partial charge in [0.05, 0.1) is 11.9 Å². The van der Waals surface area contributed by atoms with Crippen LogP contribution in [-0.2, 0) is 4.79 Å². The minimum absolute atomic E-state index is 0.141. The van der Waals surface area contributed by atoms with Gasteiger partial charge >= 0.3 is 6.03 Å². The van der Waals surface area contributed by atoms with Crippen LogP contribution >= 0.6 is 0 Å². The number of amides is 3. The molecule has 3 heterocycles. The second-order valence-corrected chi connectivity index (χ2v) is 5.18. The predicted octanol–water partition coefficient (Wildman–Crippen LogP) is 0.452. The average Bonchev–Trinajstić information content (AvgIpc) is 3.01. The summed E-state index contributed by atoms with van der Waals surface area (Å²) in [5, 5.41) is 12.1. The zero-order chi connectivity index (χ0) is 16.1. The van der Waals surface area contributed by atoms with Crippen molar-refractivity contribution in [2.45, 2.75) is 25.3 Å². The van der Waals surface area contributed by atoms with Gasteiger partial charge in [-0.2, -0.15) is 5.10 Å². The summed E-state index contributed by atoms with van der Waals surface area (Å²) in [5.41, 5.74) is 0.528. The molecule has 3 amide bonds. The first-order valence-electron chi connectivity index (χ1n) is 7.38. The van der Waals surface area contributed by atoms with Crippen molar-refractivity contribution in [3.05, 3.63) is 31.0 Å². The van der Waals surface area contributed by atoms with Crippen LogP contribution < -0.4 is 16.0 Å². The lowest BCUT2D eigenvalue weighted by Gasteiger charge is -2.15. The number of carbonyl (C=O) groups excluding carboxylic acids is 2. The molecule has 1 saturated heterocycles. The van der Waals surface area contributed by atoms with Crippen molar-refractivity contribution in [1.29, 1.82) is 0 Å². The summed E-state index contributed by atoms with van der Waals surface area (Å²) < 4.78 is 1.51. The van der Waals surface area contributed by atoms with Gasteiger partial charge in [-0.1, -0.05) is 0 Å². The van der Waals surface area contributed by atoms with Crippen molar-refractivity contribution in [2.24, 2.45) is 0 Å². The molecule has 9 nitrogen and oxygen atoms in total. The smallest absolute Gasteiger partial charge is 0.319 e. The molecule has 0 unspecified atom stereocenters. The van der Waals surface area contributed by atoms with Gasteiger partial charge in [-0.25, -0.2) is 19.4 Å². The third kappa shape index (κ3) is 3.82. The van der Waals surface area contributed by atoms with Gasteiger partial charge < -0.3 is 16.0 Å². The van der Waals surface area contributed by atoms with E-state index in [1.54, 1.807) is 12.1 Å². The van der Waals surface area contributed by atoms with Crippen LogP contribution in [0.4, 0.5) is 10.5 Å². The van der Waals surface area contributed by atoms with E-state index in [9.17, 15) is 9.59 Å². The highest BCUT2D eigenvalue weighted by atomic mass is 16.2. The van der Waals surface area contributed by atoms with Crippen molar-refractivity contribution in [3.8, 4) is 5.82 Å². The first kappa shape index (κ1) is 14.9. The van der Waals surface area contributed by atoms with Gasteiger partial charge in [-0.3, -0.25) is 4.79 Å². The molecule has 0 radical (unpaired) electrons. The van der Waals surface area contributed by atoms with E-state index < -0.39 is 12.1 Å². The van der Waals surface area contributed by atoms with Crippen LogP contribution in [0, 0.1) is 0 Å². The van der Waals surface area contributed by atoms with Crippen molar-refractivity contribution in [2.75, 3.05) is 11.9 Å². The SMILES string of the molecule is O=C(Nc1ccc(-n2cncn2)nc1)N[C@@H]1CCCCNC1=O. The lowest BCUT2D eigenvalue weighted by atomic mass is 10.1. The maximum absolute atomic E-state index is 12.0. The Bertz CT molecular complexity index is 669. The summed E-state index contributed by atoms with van der Waals surface area (Å²) in [7, 11) is 0. The zero-order valence-electron chi connectivity index (χ0n) is 12.4. The normalized spacial score (nSPS) is 17.9. The molecule has 1 aliphatic rings. The van der Waals surface area contributed by atoms with Crippen molar-refractivity contribution in [1.82, 2.24) is 30.4 Å². The highest BCUT2D eigenvalue weighted by Crippen LogP contribution is 2.09. The van der Waals surface area contributed by atoms with Crippen molar-refractivity contribution < 1.29 is 9.59 Å². The first-order chi connectivity index (χ1) is 11.2. The van der Waals surface area contributed by atoms with E-state index in [1.807, 2.05) is 0 Å². The maximum Gasteiger partial charge on any atom is 0.319 e. The highest BCUT2D eigenvalue weighted by molar-refractivity contribution is 5.93. The Morgan fingerprint density at radius 3 is 3.00 bits per heavy atom. The summed E-state index contributed by atoms with van der Waals surface area (Å²) in [6, 6.07) is 2.49. The Morgan fingerprint density at radius 1 is 1.35 bits per heavy atom. The number of rotatable bonds is 3. The number of anilines is 1. The van der Waals surface area contributed by atoms with Gasteiger partial charge in [0.1, 0.15) is 18.7 Å². The molecule has 0 aromatic carbocycles. The van der Waals surface area contributed by atoms with Gasteiger partial charge in [-0.05, 0) is 31.4 Å². The molecule has 2 aromatic heterocycles. The van der Waals surface area contributed by atoms with E-state index in [0.717, 1.165) is 12.8 Å². The molecule has 3 rings (SSSR count). The summed E-state index contributed by atoms with van der Waals surface area (Å²) >= 11 is 0. The summed E-state index contributed by atoms with van der Waals surface area (Å²) in [4.78, 5) is 31.8. The quantitative estimate of drug-likeness (QED) is 0.761. The monoisotopic (exact) mass is 315 g/mol.